The minimum Gasteiger partial charge on any atom is -0.354 e. The molecule has 0 aliphatic heterocycles. The fourth-order valence-corrected chi connectivity index (χ4v) is 1.95. The monoisotopic (exact) mass is 365 g/mol. The molecular formula is C16H26F3N3O3. The molecule has 25 heavy (non-hydrogen) atoms. The number of hydrogen-bond donors (Lipinski definition) is 1. The van der Waals surface area contributed by atoms with Crippen molar-refractivity contribution in [1.29, 1.82) is 0 Å². The molecule has 1 aromatic rings. The molecule has 6 nitrogen and oxygen atoms in total. The second-order valence-electron chi connectivity index (χ2n) is 5.00. The molecule has 1 unspecified atom stereocenters. The number of anilines is 1. The van der Waals surface area contributed by atoms with Crippen molar-refractivity contribution in [2.24, 2.45) is 0 Å². The third kappa shape index (κ3) is 6.50. The van der Waals surface area contributed by atoms with Gasteiger partial charge in [-0.2, -0.15) is 13.2 Å². The first-order valence-electron chi connectivity index (χ1n) is 7.75. The van der Waals surface area contributed by atoms with E-state index in [0.29, 0.717) is 0 Å². The van der Waals surface area contributed by atoms with Crippen LogP contribution in [0.2, 0.25) is 0 Å². The van der Waals surface area contributed by atoms with Crippen LogP contribution in [0.25, 0.3) is 0 Å². The smallest absolute Gasteiger partial charge is 0.354 e. The Morgan fingerprint density at radius 3 is 2.24 bits per heavy atom. The molecule has 0 aliphatic carbocycles. The van der Waals surface area contributed by atoms with Crippen LogP contribution >= 0.6 is 0 Å². The van der Waals surface area contributed by atoms with Gasteiger partial charge in [0, 0.05) is 27.5 Å². The number of aromatic nitrogens is 1. The average molecular weight is 365 g/mol. The first-order chi connectivity index (χ1) is 11.6. The van der Waals surface area contributed by atoms with Gasteiger partial charge in [0.1, 0.15) is 5.82 Å². The minimum absolute atomic E-state index is 0.0175. The first kappa shape index (κ1) is 23.1. The van der Waals surface area contributed by atoms with Gasteiger partial charge in [-0.05, 0) is 25.5 Å². The van der Waals surface area contributed by atoms with Crippen LogP contribution < -0.4 is 5.32 Å². The Morgan fingerprint density at radius 2 is 1.80 bits per heavy atom. The van der Waals surface area contributed by atoms with Crippen molar-refractivity contribution in [3.05, 3.63) is 23.4 Å². The van der Waals surface area contributed by atoms with Crippen molar-refractivity contribution in [3.8, 4) is 0 Å². The van der Waals surface area contributed by atoms with E-state index in [1.807, 2.05) is 13.8 Å². The van der Waals surface area contributed by atoms with Gasteiger partial charge in [0.05, 0.1) is 11.6 Å². The number of carbonyl (C=O) groups excluding carboxylic acids is 1. The predicted octanol–water partition coefficient (Wildman–Crippen LogP) is 3.91. The summed E-state index contributed by atoms with van der Waals surface area (Å²) in [4.78, 5) is 17.2. The average Bonchev–Trinajstić information content (AvgIpc) is 2.57. The molecule has 0 radical (unpaired) electrons. The second kappa shape index (κ2) is 10.2. The Hall–Kier alpha value is -1.87. The van der Waals surface area contributed by atoms with Gasteiger partial charge in [0.2, 0.25) is 0 Å². The molecule has 1 atom stereocenters. The number of methoxy groups -OCH3 is 2. The van der Waals surface area contributed by atoms with E-state index >= 15 is 0 Å². The van der Waals surface area contributed by atoms with Crippen molar-refractivity contribution >= 4 is 11.8 Å². The number of carbonyl (C=O) groups is 1. The van der Waals surface area contributed by atoms with Gasteiger partial charge in [-0.3, -0.25) is 5.32 Å². The molecule has 1 heterocycles. The number of ether oxygens (including phenoxy) is 2. The number of aryl methyl sites for hydroxylation is 1. The molecule has 1 aromatic heterocycles. The van der Waals surface area contributed by atoms with Gasteiger partial charge in [0.15, 0.2) is 6.29 Å². The van der Waals surface area contributed by atoms with Crippen LogP contribution in [-0.4, -0.2) is 49.5 Å². The third-order valence-corrected chi connectivity index (χ3v) is 3.43. The summed E-state index contributed by atoms with van der Waals surface area (Å²) in [7, 11) is 4.32. The summed E-state index contributed by atoms with van der Waals surface area (Å²) in [5, 5.41) is 2.33. The van der Waals surface area contributed by atoms with Gasteiger partial charge in [-0.1, -0.05) is 13.8 Å². The van der Waals surface area contributed by atoms with Crippen molar-refractivity contribution in [2.75, 3.05) is 26.6 Å². The topological polar surface area (TPSA) is 63.7 Å². The van der Waals surface area contributed by atoms with Crippen LogP contribution in [0.4, 0.5) is 23.8 Å². The summed E-state index contributed by atoms with van der Waals surface area (Å²) < 4.78 is 48.7. The maximum absolute atomic E-state index is 12.9. The molecule has 1 N–H and O–H groups in total. The van der Waals surface area contributed by atoms with E-state index in [-0.39, 0.29) is 11.4 Å². The molecule has 0 fully saturated rings. The molecule has 0 aromatic carbocycles. The lowest BCUT2D eigenvalue weighted by molar-refractivity contribution is -0.138. The van der Waals surface area contributed by atoms with Crippen molar-refractivity contribution in [2.45, 2.75) is 46.2 Å². The Kier molecular flexibility index (Phi) is 9.43. The largest absolute Gasteiger partial charge is 0.416 e. The highest BCUT2D eigenvalue weighted by Gasteiger charge is 2.33. The number of likely N-dealkylation sites (N-methyl/N-ethyl adjacent to an activating group) is 1. The molecule has 0 spiro atoms. The number of urea groups is 1. The normalized spacial score (nSPS) is 12.3. The van der Waals surface area contributed by atoms with Crippen LogP contribution in [-0.2, 0) is 15.7 Å². The number of amides is 2. The van der Waals surface area contributed by atoms with Gasteiger partial charge < -0.3 is 14.4 Å². The fourth-order valence-electron chi connectivity index (χ4n) is 1.95. The maximum atomic E-state index is 12.9. The molecule has 0 aliphatic rings. The van der Waals surface area contributed by atoms with Gasteiger partial charge >= 0.3 is 12.2 Å². The molecular weight excluding hydrogens is 339 g/mol. The van der Waals surface area contributed by atoms with E-state index < -0.39 is 30.1 Å². The van der Waals surface area contributed by atoms with E-state index in [9.17, 15) is 18.0 Å². The van der Waals surface area contributed by atoms with E-state index in [1.165, 1.54) is 33.1 Å². The highest BCUT2D eigenvalue weighted by molar-refractivity contribution is 5.88. The zero-order valence-corrected chi connectivity index (χ0v) is 15.6. The molecule has 144 valence electrons. The van der Waals surface area contributed by atoms with Crippen molar-refractivity contribution in [3.63, 3.8) is 0 Å². The van der Waals surface area contributed by atoms with Crippen LogP contribution in [0.1, 0.15) is 31.9 Å². The van der Waals surface area contributed by atoms with E-state index in [4.69, 9.17) is 9.47 Å². The summed E-state index contributed by atoms with van der Waals surface area (Å²) in [6.45, 7) is 6.98. The Balaban J connectivity index is 0.00000277. The highest BCUT2D eigenvalue weighted by Crippen LogP contribution is 2.32. The van der Waals surface area contributed by atoms with Crippen molar-refractivity contribution in [1.82, 2.24) is 9.88 Å². The van der Waals surface area contributed by atoms with Crippen LogP contribution in [0.15, 0.2) is 12.3 Å². The molecule has 2 amide bonds. The highest BCUT2D eigenvalue weighted by atomic mass is 19.4. The number of nitrogens with one attached hydrogen (secondary N) is 1. The first-order valence-corrected chi connectivity index (χ1v) is 7.75. The number of alkyl halides is 3. The second-order valence-corrected chi connectivity index (χ2v) is 5.00. The number of halogens is 3. The van der Waals surface area contributed by atoms with Gasteiger partial charge in [-0.25, -0.2) is 9.78 Å². The fraction of sp³-hybridized carbons (Fsp3) is 0.625. The van der Waals surface area contributed by atoms with Crippen LogP contribution in [0, 0.1) is 6.92 Å². The minimum atomic E-state index is -4.51. The summed E-state index contributed by atoms with van der Waals surface area (Å²) in [5.41, 5.74) is -0.860. The van der Waals surface area contributed by atoms with Crippen molar-refractivity contribution < 1.29 is 27.4 Å². The number of pyridine rings is 1. The molecule has 1 rings (SSSR count). The lowest BCUT2D eigenvalue weighted by atomic mass is 10.1. The van der Waals surface area contributed by atoms with Crippen LogP contribution in [0.5, 0.6) is 0 Å². The number of rotatable bonds is 5. The Bertz CT molecular complexity index is 549. The lowest BCUT2D eigenvalue weighted by Gasteiger charge is -2.30. The molecule has 9 heteroatoms. The quantitative estimate of drug-likeness (QED) is 0.804. The summed E-state index contributed by atoms with van der Waals surface area (Å²) in [6.07, 6.45) is -4.11. The van der Waals surface area contributed by atoms with E-state index in [1.54, 1.807) is 6.92 Å². The maximum Gasteiger partial charge on any atom is 0.416 e. The number of hydrogen-bond acceptors (Lipinski definition) is 4. The Labute approximate surface area is 146 Å². The summed E-state index contributed by atoms with van der Waals surface area (Å²) in [5.74, 6) is -0.182. The van der Waals surface area contributed by atoms with Gasteiger partial charge in [-0.15, -0.1) is 0 Å². The molecule has 0 bridgehead atoms. The number of nitrogens with zero attached hydrogens (tertiary/aromatic N) is 2. The standard InChI is InChI=1S/C14H20F3N3O3.C2H6/c1-8-7-18-11(6-10(8)14(15,16)17)19-13(21)20(3)9(2)12(22-4)23-5;1-2/h6-7,9,12H,1-5H3,(H,18,19,21);1-2H3. The predicted molar refractivity (Wildman–Crippen MR) is 89.4 cm³/mol. The SMILES string of the molecule is CC.COC(OC)C(C)N(C)C(=O)Nc1cc(C(F)(F)F)c(C)cn1. The summed E-state index contributed by atoms with van der Waals surface area (Å²) in [6, 6.07) is -0.283. The van der Waals surface area contributed by atoms with Gasteiger partial charge in [0.25, 0.3) is 0 Å². The summed E-state index contributed by atoms with van der Waals surface area (Å²) >= 11 is 0. The molecule has 0 saturated carbocycles. The zero-order chi connectivity index (χ0) is 19.8. The molecule has 0 saturated heterocycles. The zero-order valence-electron chi connectivity index (χ0n) is 15.6. The third-order valence-electron chi connectivity index (χ3n) is 3.43. The van der Waals surface area contributed by atoms with E-state index in [0.717, 1.165) is 12.3 Å². The van der Waals surface area contributed by atoms with E-state index in [2.05, 4.69) is 10.3 Å². The Morgan fingerprint density at radius 1 is 1.28 bits per heavy atom. The van der Waals surface area contributed by atoms with Crippen LogP contribution in [0.3, 0.4) is 0 Å². The lowest BCUT2D eigenvalue weighted by Crippen LogP contribution is -2.46.